The first-order valence-electron chi connectivity index (χ1n) is 8.76. The van der Waals surface area contributed by atoms with E-state index in [2.05, 4.69) is 31.3 Å². The van der Waals surface area contributed by atoms with Crippen molar-refractivity contribution in [1.29, 1.82) is 0 Å². The summed E-state index contributed by atoms with van der Waals surface area (Å²) in [5.41, 5.74) is 1.89. The standard InChI is InChI=1S/C21H24ClNO2S/c1-13-5-10-17-18(12-21(3,4)25-19(17)11-13)23-20(24)14(2)26-16-8-6-15(22)7-9-16/h5-11,14,18H,12H2,1-4H3,(H,23,24)/t14-,18-/m1/s1. The molecule has 0 spiro atoms. The molecule has 1 amide bonds. The number of rotatable bonds is 4. The van der Waals surface area contributed by atoms with Crippen molar-refractivity contribution in [2.24, 2.45) is 0 Å². The van der Waals surface area contributed by atoms with E-state index in [1.807, 2.05) is 44.2 Å². The second-order valence-electron chi connectivity index (χ2n) is 7.38. The summed E-state index contributed by atoms with van der Waals surface area (Å²) in [6.45, 7) is 8.09. The van der Waals surface area contributed by atoms with Crippen LogP contribution in [-0.4, -0.2) is 16.8 Å². The highest BCUT2D eigenvalue weighted by atomic mass is 35.5. The summed E-state index contributed by atoms with van der Waals surface area (Å²) in [5.74, 6) is 0.892. The summed E-state index contributed by atoms with van der Waals surface area (Å²) in [5, 5.41) is 3.71. The van der Waals surface area contributed by atoms with Crippen LogP contribution in [0.3, 0.4) is 0 Å². The van der Waals surface area contributed by atoms with Crippen molar-refractivity contribution in [3.05, 3.63) is 58.6 Å². The maximum Gasteiger partial charge on any atom is 0.233 e. The average molecular weight is 390 g/mol. The molecule has 3 nitrogen and oxygen atoms in total. The highest BCUT2D eigenvalue weighted by molar-refractivity contribution is 8.00. The van der Waals surface area contributed by atoms with E-state index in [4.69, 9.17) is 16.3 Å². The highest BCUT2D eigenvalue weighted by Gasteiger charge is 2.35. The Bertz CT molecular complexity index is 804. The SMILES string of the molecule is Cc1ccc2c(c1)OC(C)(C)C[C@H]2NC(=O)[C@@H](C)Sc1ccc(Cl)cc1. The van der Waals surface area contributed by atoms with Gasteiger partial charge in [0, 0.05) is 21.9 Å². The van der Waals surface area contributed by atoms with Gasteiger partial charge in [0.05, 0.1) is 11.3 Å². The monoisotopic (exact) mass is 389 g/mol. The van der Waals surface area contributed by atoms with E-state index in [1.165, 1.54) is 11.8 Å². The molecule has 0 unspecified atom stereocenters. The lowest BCUT2D eigenvalue weighted by Crippen LogP contribution is -2.43. The number of thioether (sulfide) groups is 1. The number of amides is 1. The van der Waals surface area contributed by atoms with E-state index in [9.17, 15) is 4.79 Å². The summed E-state index contributed by atoms with van der Waals surface area (Å²) < 4.78 is 6.11. The third-order valence-electron chi connectivity index (χ3n) is 4.44. The van der Waals surface area contributed by atoms with Crippen LogP contribution < -0.4 is 10.1 Å². The van der Waals surface area contributed by atoms with Gasteiger partial charge in [-0.1, -0.05) is 23.7 Å². The van der Waals surface area contributed by atoms with Crippen molar-refractivity contribution in [2.75, 3.05) is 0 Å². The number of fused-ring (bicyclic) bond motifs is 1. The number of aryl methyl sites for hydroxylation is 1. The fourth-order valence-electron chi connectivity index (χ4n) is 3.15. The Morgan fingerprint density at radius 3 is 2.65 bits per heavy atom. The number of nitrogens with one attached hydrogen (secondary N) is 1. The van der Waals surface area contributed by atoms with Crippen molar-refractivity contribution >= 4 is 29.3 Å². The third kappa shape index (κ3) is 4.54. The van der Waals surface area contributed by atoms with Crippen molar-refractivity contribution < 1.29 is 9.53 Å². The predicted octanol–water partition coefficient (Wildman–Crippen LogP) is 5.55. The Hall–Kier alpha value is -1.65. The fraction of sp³-hybridized carbons (Fsp3) is 0.381. The molecule has 0 radical (unpaired) electrons. The van der Waals surface area contributed by atoms with E-state index in [-0.39, 0.29) is 22.8 Å². The first-order chi connectivity index (χ1) is 12.2. The van der Waals surface area contributed by atoms with Crippen molar-refractivity contribution in [2.45, 2.75) is 55.9 Å². The molecule has 2 atom stereocenters. The predicted molar refractivity (Wildman–Crippen MR) is 108 cm³/mol. The van der Waals surface area contributed by atoms with E-state index >= 15 is 0 Å². The van der Waals surface area contributed by atoms with Gasteiger partial charge < -0.3 is 10.1 Å². The molecule has 0 fully saturated rings. The molecule has 5 heteroatoms. The van der Waals surface area contributed by atoms with Crippen molar-refractivity contribution in [3.63, 3.8) is 0 Å². The molecule has 0 bridgehead atoms. The molecule has 0 saturated heterocycles. The molecule has 0 aromatic heterocycles. The maximum absolute atomic E-state index is 12.8. The molecule has 2 aromatic rings. The van der Waals surface area contributed by atoms with Crippen LogP contribution in [0.5, 0.6) is 5.75 Å². The third-order valence-corrected chi connectivity index (χ3v) is 5.80. The minimum absolute atomic E-state index is 0.0270. The van der Waals surface area contributed by atoms with Crippen LogP contribution in [0.25, 0.3) is 0 Å². The number of benzene rings is 2. The van der Waals surface area contributed by atoms with Crippen LogP contribution in [0, 0.1) is 6.92 Å². The van der Waals surface area contributed by atoms with Gasteiger partial charge in [-0.25, -0.2) is 0 Å². The number of carbonyl (C=O) groups is 1. The number of hydrogen-bond acceptors (Lipinski definition) is 3. The Labute approximate surface area is 164 Å². The van der Waals surface area contributed by atoms with Gasteiger partial charge in [0.1, 0.15) is 11.4 Å². The van der Waals surface area contributed by atoms with E-state index in [1.54, 1.807) is 0 Å². The van der Waals surface area contributed by atoms with E-state index < -0.39 is 0 Å². The lowest BCUT2D eigenvalue weighted by molar-refractivity contribution is -0.121. The fourth-order valence-corrected chi connectivity index (χ4v) is 4.15. The first-order valence-corrected chi connectivity index (χ1v) is 10.0. The Morgan fingerprint density at radius 2 is 1.96 bits per heavy atom. The van der Waals surface area contributed by atoms with E-state index in [0.29, 0.717) is 5.02 Å². The lowest BCUT2D eigenvalue weighted by Gasteiger charge is -2.38. The maximum atomic E-state index is 12.8. The number of halogens is 1. The van der Waals surface area contributed by atoms with Gasteiger partial charge in [-0.2, -0.15) is 0 Å². The van der Waals surface area contributed by atoms with Crippen molar-refractivity contribution in [1.82, 2.24) is 5.32 Å². The van der Waals surface area contributed by atoms with Crippen LogP contribution in [0.2, 0.25) is 5.02 Å². The summed E-state index contributed by atoms with van der Waals surface area (Å²) in [7, 11) is 0. The van der Waals surface area contributed by atoms with Gasteiger partial charge in [-0.05, 0) is 63.6 Å². The van der Waals surface area contributed by atoms with Gasteiger partial charge in [0.25, 0.3) is 0 Å². The molecule has 3 rings (SSSR count). The summed E-state index contributed by atoms with van der Waals surface area (Å²) in [6.07, 6.45) is 0.743. The van der Waals surface area contributed by atoms with Crippen LogP contribution in [0.4, 0.5) is 0 Å². The van der Waals surface area contributed by atoms with E-state index in [0.717, 1.165) is 28.2 Å². The van der Waals surface area contributed by atoms with Crippen LogP contribution in [0.15, 0.2) is 47.4 Å². The topological polar surface area (TPSA) is 38.3 Å². The second kappa shape index (κ2) is 7.53. The lowest BCUT2D eigenvalue weighted by atomic mass is 9.89. The minimum Gasteiger partial charge on any atom is -0.487 e. The van der Waals surface area contributed by atoms with Crippen LogP contribution in [-0.2, 0) is 4.79 Å². The largest absolute Gasteiger partial charge is 0.487 e. The molecule has 1 heterocycles. The molecule has 0 aliphatic carbocycles. The second-order valence-corrected chi connectivity index (χ2v) is 9.23. The summed E-state index contributed by atoms with van der Waals surface area (Å²) >= 11 is 7.46. The van der Waals surface area contributed by atoms with Gasteiger partial charge >= 0.3 is 0 Å². The zero-order valence-electron chi connectivity index (χ0n) is 15.5. The molecule has 0 saturated carbocycles. The molecule has 1 aliphatic rings. The highest BCUT2D eigenvalue weighted by Crippen LogP contribution is 2.40. The molecule has 1 N–H and O–H groups in total. The molecule has 138 valence electrons. The van der Waals surface area contributed by atoms with Crippen LogP contribution >= 0.6 is 23.4 Å². The number of carbonyl (C=O) groups excluding carboxylic acids is 1. The average Bonchev–Trinajstić information content (AvgIpc) is 2.55. The zero-order valence-corrected chi connectivity index (χ0v) is 17.1. The van der Waals surface area contributed by atoms with Gasteiger partial charge in [-0.15, -0.1) is 11.8 Å². The Balaban J connectivity index is 1.73. The molecular weight excluding hydrogens is 366 g/mol. The molecular formula is C21H24ClNO2S. The quantitative estimate of drug-likeness (QED) is 0.697. The smallest absolute Gasteiger partial charge is 0.233 e. The zero-order chi connectivity index (χ0) is 18.9. The number of hydrogen-bond donors (Lipinski definition) is 1. The molecule has 26 heavy (non-hydrogen) atoms. The molecule has 2 aromatic carbocycles. The van der Waals surface area contributed by atoms with Crippen LogP contribution in [0.1, 0.15) is 44.4 Å². The minimum atomic E-state index is -0.314. The van der Waals surface area contributed by atoms with Gasteiger partial charge in [-0.3, -0.25) is 4.79 Å². The summed E-state index contributed by atoms with van der Waals surface area (Å²) in [4.78, 5) is 13.8. The first kappa shape index (κ1) is 19.1. The summed E-state index contributed by atoms with van der Waals surface area (Å²) in [6, 6.07) is 13.7. The van der Waals surface area contributed by atoms with Crippen molar-refractivity contribution in [3.8, 4) is 5.75 Å². The Morgan fingerprint density at radius 1 is 1.27 bits per heavy atom. The molecule has 1 aliphatic heterocycles. The normalized spacial score (nSPS) is 19.2. The Kier molecular flexibility index (Phi) is 5.54. The van der Waals surface area contributed by atoms with Gasteiger partial charge in [0.15, 0.2) is 0 Å². The van der Waals surface area contributed by atoms with Gasteiger partial charge in [0.2, 0.25) is 5.91 Å². The number of ether oxygens (including phenoxy) is 1.